The molecule has 0 aliphatic rings. The Morgan fingerprint density at radius 3 is 2.35 bits per heavy atom. The molecule has 0 radical (unpaired) electrons. The maximum absolute atomic E-state index is 12.1. The maximum atomic E-state index is 12.1. The number of carbonyl (C=O) groups is 2. The van der Waals surface area contributed by atoms with Crippen LogP contribution in [0.3, 0.4) is 0 Å². The van der Waals surface area contributed by atoms with Gasteiger partial charge in [0, 0.05) is 15.7 Å². The van der Waals surface area contributed by atoms with E-state index in [9.17, 15) is 9.59 Å². The molecule has 1 aromatic heterocycles. The van der Waals surface area contributed by atoms with Gasteiger partial charge in [0.25, 0.3) is 5.91 Å². The third kappa shape index (κ3) is 4.67. The van der Waals surface area contributed by atoms with Crippen molar-refractivity contribution in [1.82, 2.24) is 4.98 Å². The van der Waals surface area contributed by atoms with E-state index >= 15 is 0 Å². The lowest BCUT2D eigenvalue weighted by molar-refractivity contribution is -0.123. The third-order valence-electron chi connectivity index (χ3n) is 2.87. The minimum absolute atomic E-state index is 0.396. The van der Waals surface area contributed by atoms with Crippen LogP contribution >= 0.6 is 34.5 Å². The number of esters is 1. The molecule has 0 unspecified atom stereocenters. The fraction of sp³-hybridized carbons (Fsp3) is 0.267. The zero-order chi connectivity index (χ0) is 17.1. The maximum Gasteiger partial charge on any atom is 0.351 e. The molecule has 1 aromatic carbocycles. The molecule has 8 heteroatoms. The topological polar surface area (TPSA) is 68.3 Å². The average molecular weight is 373 g/mol. The number of halogens is 2. The van der Waals surface area contributed by atoms with Crippen LogP contribution in [0.25, 0.3) is 0 Å². The first-order valence-electron chi connectivity index (χ1n) is 6.68. The summed E-state index contributed by atoms with van der Waals surface area (Å²) in [5.41, 5.74) is 1.02. The highest BCUT2D eigenvalue weighted by molar-refractivity contribution is 7.13. The van der Waals surface area contributed by atoms with E-state index in [0.717, 1.165) is 5.01 Å². The van der Waals surface area contributed by atoms with E-state index in [1.54, 1.807) is 32.0 Å². The molecule has 1 N–H and O–H groups in total. The van der Waals surface area contributed by atoms with Crippen molar-refractivity contribution in [3.8, 4) is 0 Å². The van der Waals surface area contributed by atoms with E-state index in [1.807, 2.05) is 0 Å². The highest BCUT2D eigenvalue weighted by atomic mass is 35.5. The standard InChI is InChI=1S/C15H14Cl2N2O3S/c1-7-13(23-9(3)18-7)15(21)22-8(2)14(20)19-12-5-10(16)4-11(17)6-12/h4-6,8H,1-3H3,(H,19,20)/t8-/m0/s1. The highest BCUT2D eigenvalue weighted by Crippen LogP contribution is 2.23. The van der Waals surface area contributed by atoms with Gasteiger partial charge in [-0.25, -0.2) is 9.78 Å². The zero-order valence-corrected chi connectivity index (χ0v) is 15.0. The van der Waals surface area contributed by atoms with Gasteiger partial charge in [-0.3, -0.25) is 4.79 Å². The Morgan fingerprint density at radius 2 is 1.83 bits per heavy atom. The molecule has 1 amide bonds. The quantitative estimate of drug-likeness (QED) is 0.814. The van der Waals surface area contributed by atoms with E-state index in [1.165, 1.54) is 18.3 Å². The number of aromatic nitrogens is 1. The number of nitrogens with one attached hydrogen (secondary N) is 1. The molecule has 0 aliphatic heterocycles. The minimum atomic E-state index is -0.970. The number of hydrogen-bond donors (Lipinski definition) is 1. The molecule has 1 heterocycles. The second-order valence-corrected chi connectivity index (χ2v) is 6.92. The van der Waals surface area contributed by atoms with E-state index in [2.05, 4.69) is 10.3 Å². The summed E-state index contributed by atoms with van der Waals surface area (Å²) in [5.74, 6) is -1.05. The number of benzene rings is 1. The number of nitrogens with zero attached hydrogens (tertiary/aromatic N) is 1. The number of anilines is 1. The van der Waals surface area contributed by atoms with Gasteiger partial charge < -0.3 is 10.1 Å². The van der Waals surface area contributed by atoms with Gasteiger partial charge in [-0.1, -0.05) is 23.2 Å². The van der Waals surface area contributed by atoms with Crippen molar-refractivity contribution in [2.75, 3.05) is 5.32 Å². The molecule has 1 atom stereocenters. The Kier molecular flexibility index (Phi) is 5.62. The lowest BCUT2D eigenvalue weighted by Gasteiger charge is -2.13. The number of rotatable bonds is 4. The van der Waals surface area contributed by atoms with Crippen molar-refractivity contribution >= 4 is 52.1 Å². The molecule has 2 rings (SSSR count). The van der Waals surface area contributed by atoms with Gasteiger partial charge in [-0.2, -0.15) is 0 Å². The number of thiazole rings is 1. The fourth-order valence-electron chi connectivity index (χ4n) is 1.86. The summed E-state index contributed by atoms with van der Waals surface area (Å²) in [6.07, 6.45) is -0.970. The fourth-order valence-corrected chi connectivity index (χ4v) is 3.19. The van der Waals surface area contributed by atoms with Crippen molar-refractivity contribution in [3.63, 3.8) is 0 Å². The van der Waals surface area contributed by atoms with Crippen LogP contribution in [-0.2, 0) is 9.53 Å². The molecule has 0 saturated heterocycles. The minimum Gasteiger partial charge on any atom is -0.448 e. The molecule has 2 aromatic rings. The van der Waals surface area contributed by atoms with Crippen LogP contribution in [0, 0.1) is 13.8 Å². The Morgan fingerprint density at radius 1 is 1.22 bits per heavy atom. The first-order chi connectivity index (χ1) is 10.8. The van der Waals surface area contributed by atoms with Crippen LogP contribution < -0.4 is 5.32 Å². The summed E-state index contributed by atoms with van der Waals surface area (Å²) in [4.78, 5) is 28.7. The molecule has 0 fully saturated rings. The molecule has 0 aliphatic carbocycles. The van der Waals surface area contributed by atoms with E-state index in [0.29, 0.717) is 26.3 Å². The predicted molar refractivity (Wildman–Crippen MR) is 91.6 cm³/mol. The highest BCUT2D eigenvalue weighted by Gasteiger charge is 2.22. The Balaban J connectivity index is 2.02. The Hall–Kier alpha value is -1.63. The van der Waals surface area contributed by atoms with Crippen LogP contribution in [0.5, 0.6) is 0 Å². The summed E-state index contributed by atoms with van der Waals surface area (Å²) in [5, 5.41) is 4.16. The van der Waals surface area contributed by atoms with Crippen molar-refractivity contribution < 1.29 is 14.3 Å². The largest absolute Gasteiger partial charge is 0.448 e. The van der Waals surface area contributed by atoms with Crippen LogP contribution in [0.2, 0.25) is 10.0 Å². The molecular formula is C15H14Cl2N2O3S. The van der Waals surface area contributed by atoms with Gasteiger partial charge >= 0.3 is 5.97 Å². The summed E-state index contributed by atoms with van der Waals surface area (Å²) in [7, 11) is 0. The molecule has 23 heavy (non-hydrogen) atoms. The third-order valence-corrected chi connectivity index (χ3v) is 4.36. The zero-order valence-electron chi connectivity index (χ0n) is 12.6. The molecule has 0 saturated carbocycles. The monoisotopic (exact) mass is 372 g/mol. The van der Waals surface area contributed by atoms with Crippen LogP contribution in [-0.4, -0.2) is 23.0 Å². The summed E-state index contributed by atoms with van der Waals surface area (Å²) >= 11 is 13.0. The van der Waals surface area contributed by atoms with Crippen LogP contribution in [0.4, 0.5) is 5.69 Å². The van der Waals surface area contributed by atoms with Crippen molar-refractivity contribution in [1.29, 1.82) is 0 Å². The molecule has 0 spiro atoms. The molecule has 0 bridgehead atoms. The van der Waals surface area contributed by atoms with Crippen molar-refractivity contribution in [2.45, 2.75) is 26.9 Å². The summed E-state index contributed by atoms with van der Waals surface area (Å²) in [6.45, 7) is 5.01. The van der Waals surface area contributed by atoms with Crippen LogP contribution in [0.1, 0.15) is 27.3 Å². The second-order valence-electron chi connectivity index (χ2n) is 4.84. The van der Waals surface area contributed by atoms with Crippen molar-refractivity contribution in [2.24, 2.45) is 0 Å². The first-order valence-corrected chi connectivity index (χ1v) is 8.25. The number of hydrogen-bond acceptors (Lipinski definition) is 5. The van der Waals surface area contributed by atoms with Crippen LogP contribution in [0.15, 0.2) is 18.2 Å². The second kappa shape index (κ2) is 7.29. The van der Waals surface area contributed by atoms with E-state index in [-0.39, 0.29) is 0 Å². The van der Waals surface area contributed by atoms with Gasteiger partial charge in [0.2, 0.25) is 0 Å². The van der Waals surface area contributed by atoms with Crippen molar-refractivity contribution in [3.05, 3.63) is 43.8 Å². The number of aryl methyl sites for hydroxylation is 2. The smallest absolute Gasteiger partial charge is 0.351 e. The van der Waals surface area contributed by atoms with E-state index < -0.39 is 18.0 Å². The lowest BCUT2D eigenvalue weighted by Crippen LogP contribution is -2.30. The van der Waals surface area contributed by atoms with Gasteiger partial charge in [-0.05, 0) is 39.0 Å². The van der Waals surface area contributed by atoms with Gasteiger partial charge in [-0.15, -0.1) is 11.3 Å². The van der Waals surface area contributed by atoms with Gasteiger partial charge in [0.15, 0.2) is 6.10 Å². The first kappa shape index (κ1) is 17.7. The molecular weight excluding hydrogens is 359 g/mol. The summed E-state index contributed by atoms with van der Waals surface area (Å²) < 4.78 is 5.18. The lowest BCUT2D eigenvalue weighted by atomic mass is 10.3. The number of ether oxygens (including phenoxy) is 1. The summed E-state index contributed by atoms with van der Waals surface area (Å²) in [6, 6.07) is 4.66. The molecule has 5 nitrogen and oxygen atoms in total. The number of carbonyl (C=O) groups excluding carboxylic acids is 2. The van der Waals surface area contributed by atoms with E-state index in [4.69, 9.17) is 27.9 Å². The Bertz CT molecular complexity index is 741. The Labute approximate surface area is 147 Å². The normalized spacial score (nSPS) is 11.9. The predicted octanol–water partition coefficient (Wildman–Crippen LogP) is 4.25. The number of amides is 1. The van der Waals surface area contributed by atoms with Gasteiger partial charge in [0.1, 0.15) is 4.88 Å². The molecule has 122 valence electrons. The van der Waals surface area contributed by atoms with Gasteiger partial charge in [0.05, 0.1) is 10.7 Å². The average Bonchev–Trinajstić information content (AvgIpc) is 2.76. The SMILES string of the molecule is Cc1nc(C)c(C(=O)O[C@@H](C)C(=O)Nc2cc(Cl)cc(Cl)c2)s1.